The van der Waals surface area contributed by atoms with Crippen LogP contribution in [0.3, 0.4) is 0 Å². The molecular weight excluding hydrogens is 366 g/mol. The number of aromatic nitrogens is 6. The number of nitriles is 1. The molecule has 1 N–H and O–H groups in total. The fourth-order valence-electron chi connectivity index (χ4n) is 3.19. The Morgan fingerprint density at radius 1 is 1.14 bits per heavy atom. The highest BCUT2D eigenvalue weighted by Crippen LogP contribution is 2.31. The number of hydrogen-bond acceptors (Lipinski definition) is 6. The van der Waals surface area contributed by atoms with Crippen molar-refractivity contribution in [1.82, 2.24) is 29.4 Å². The number of hydrogen-bond donors (Lipinski definition) is 1. The summed E-state index contributed by atoms with van der Waals surface area (Å²) in [5.74, 6) is 0.351. The van der Waals surface area contributed by atoms with Gasteiger partial charge in [0.15, 0.2) is 11.5 Å². The predicted molar refractivity (Wildman–Crippen MR) is 108 cm³/mol. The van der Waals surface area contributed by atoms with E-state index in [-0.39, 0.29) is 12.0 Å². The van der Waals surface area contributed by atoms with Crippen LogP contribution in [-0.4, -0.2) is 34.5 Å². The normalized spacial score (nSPS) is 11.7. The van der Waals surface area contributed by atoms with E-state index in [2.05, 4.69) is 47.0 Å². The summed E-state index contributed by atoms with van der Waals surface area (Å²) in [5.41, 5.74) is 4.35. The molecule has 0 amide bonds. The molecule has 0 saturated heterocycles. The van der Waals surface area contributed by atoms with Crippen LogP contribution in [0.5, 0.6) is 0 Å². The van der Waals surface area contributed by atoms with E-state index in [0.29, 0.717) is 22.9 Å². The molecule has 0 aliphatic carbocycles. The summed E-state index contributed by atoms with van der Waals surface area (Å²) in [7, 11) is 0. The molecule has 0 saturated carbocycles. The first-order chi connectivity index (χ1) is 13.9. The molecule has 4 aromatic heterocycles. The van der Waals surface area contributed by atoms with Gasteiger partial charge in [0.2, 0.25) is 0 Å². The lowest BCUT2D eigenvalue weighted by molar-refractivity contribution is 0.271. The van der Waals surface area contributed by atoms with Crippen LogP contribution in [0.2, 0.25) is 0 Å². The van der Waals surface area contributed by atoms with Gasteiger partial charge in [0.25, 0.3) is 0 Å². The molecule has 0 unspecified atom stereocenters. The smallest absolute Gasteiger partial charge is 0.177 e. The van der Waals surface area contributed by atoms with E-state index in [1.54, 1.807) is 16.8 Å². The van der Waals surface area contributed by atoms with Gasteiger partial charge in [-0.05, 0) is 29.7 Å². The van der Waals surface area contributed by atoms with Gasteiger partial charge >= 0.3 is 0 Å². The molecule has 0 aromatic carbocycles. The summed E-state index contributed by atoms with van der Waals surface area (Å²) < 4.78 is 3.52. The molecular formula is C21H21N7O. The van der Waals surface area contributed by atoms with Crippen LogP contribution < -0.4 is 0 Å². The molecule has 0 radical (unpaired) electrons. The number of aliphatic hydroxyl groups is 1. The van der Waals surface area contributed by atoms with Crippen LogP contribution in [0.15, 0.2) is 42.9 Å². The van der Waals surface area contributed by atoms with E-state index in [1.165, 1.54) is 0 Å². The maximum absolute atomic E-state index is 9.33. The van der Waals surface area contributed by atoms with Gasteiger partial charge < -0.3 is 5.11 Å². The minimum absolute atomic E-state index is 0.109. The first-order valence-corrected chi connectivity index (χ1v) is 9.27. The molecule has 4 heterocycles. The van der Waals surface area contributed by atoms with Crippen LogP contribution in [0.1, 0.15) is 32.3 Å². The number of aliphatic hydroxyl groups excluding tert-OH is 1. The Balaban J connectivity index is 1.82. The van der Waals surface area contributed by atoms with Crippen molar-refractivity contribution >= 4 is 5.65 Å². The van der Waals surface area contributed by atoms with E-state index >= 15 is 0 Å². The average Bonchev–Trinajstić information content (AvgIpc) is 3.31. The average molecular weight is 387 g/mol. The fourth-order valence-corrected chi connectivity index (χ4v) is 3.19. The molecule has 0 aliphatic rings. The van der Waals surface area contributed by atoms with Crippen molar-refractivity contribution in [1.29, 1.82) is 5.26 Å². The molecule has 0 fully saturated rings. The van der Waals surface area contributed by atoms with Crippen LogP contribution in [0.25, 0.3) is 28.0 Å². The van der Waals surface area contributed by atoms with Gasteiger partial charge in [0.05, 0.1) is 11.9 Å². The highest BCUT2D eigenvalue weighted by atomic mass is 16.3. The van der Waals surface area contributed by atoms with E-state index < -0.39 is 0 Å². The van der Waals surface area contributed by atoms with Crippen molar-refractivity contribution in [3.8, 4) is 28.5 Å². The molecule has 4 aromatic rings. The van der Waals surface area contributed by atoms with E-state index in [1.807, 2.05) is 35.3 Å². The molecule has 0 bridgehead atoms. The third-order valence-electron chi connectivity index (χ3n) is 4.39. The number of nitrogens with zero attached hydrogens (tertiary/aromatic N) is 7. The van der Waals surface area contributed by atoms with Gasteiger partial charge in [-0.25, -0.2) is 14.5 Å². The standard InChI is InChI=1S/C21H21N7O/c1-21(2,3)13-27-11-15(10-23-27)17-5-4-16(9-22)24-20(17)14-6-7-28-19(8-14)25-18(12-29)26-28/h4-8,10-11,29H,12-13H2,1-3H3. The topological polar surface area (TPSA) is 105 Å². The molecule has 8 nitrogen and oxygen atoms in total. The van der Waals surface area contributed by atoms with Gasteiger partial charge in [0.1, 0.15) is 18.4 Å². The first kappa shape index (κ1) is 18.8. The Hall–Kier alpha value is -3.57. The maximum atomic E-state index is 9.33. The zero-order valence-electron chi connectivity index (χ0n) is 16.5. The Kier molecular flexibility index (Phi) is 4.60. The summed E-state index contributed by atoms with van der Waals surface area (Å²) in [5, 5.41) is 27.3. The van der Waals surface area contributed by atoms with Crippen LogP contribution >= 0.6 is 0 Å². The molecule has 29 heavy (non-hydrogen) atoms. The van der Waals surface area contributed by atoms with Gasteiger partial charge in [-0.15, -0.1) is 5.10 Å². The van der Waals surface area contributed by atoms with Crippen molar-refractivity contribution in [2.45, 2.75) is 33.9 Å². The van der Waals surface area contributed by atoms with Crippen LogP contribution in [0.4, 0.5) is 0 Å². The third-order valence-corrected chi connectivity index (χ3v) is 4.39. The maximum Gasteiger partial charge on any atom is 0.177 e. The lowest BCUT2D eigenvalue weighted by atomic mass is 9.97. The Labute approximate surface area is 168 Å². The summed E-state index contributed by atoms with van der Waals surface area (Å²) >= 11 is 0. The van der Waals surface area contributed by atoms with E-state index in [9.17, 15) is 10.4 Å². The summed E-state index contributed by atoms with van der Waals surface area (Å²) in [6.07, 6.45) is 5.58. The monoisotopic (exact) mass is 387 g/mol. The zero-order valence-corrected chi connectivity index (χ0v) is 16.5. The van der Waals surface area contributed by atoms with Crippen molar-refractivity contribution in [3.05, 3.63) is 54.4 Å². The lowest BCUT2D eigenvalue weighted by Gasteiger charge is -2.17. The Bertz CT molecular complexity index is 1220. The second-order valence-corrected chi connectivity index (χ2v) is 8.10. The quantitative estimate of drug-likeness (QED) is 0.577. The highest BCUT2D eigenvalue weighted by Gasteiger charge is 2.16. The molecule has 0 atom stereocenters. The van der Waals surface area contributed by atoms with Crippen LogP contribution in [0, 0.1) is 16.7 Å². The molecule has 0 aliphatic heterocycles. The van der Waals surface area contributed by atoms with Gasteiger partial charge in [-0.3, -0.25) is 4.68 Å². The molecule has 146 valence electrons. The minimum atomic E-state index is -0.225. The van der Waals surface area contributed by atoms with E-state index in [0.717, 1.165) is 23.2 Å². The zero-order chi connectivity index (χ0) is 20.6. The molecule has 0 spiro atoms. The molecule has 4 rings (SSSR count). The lowest BCUT2D eigenvalue weighted by Crippen LogP contribution is -2.15. The number of fused-ring (bicyclic) bond motifs is 1. The van der Waals surface area contributed by atoms with E-state index in [4.69, 9.17) is 0 Å². The van der Waals surface area contributed by atoms with Crippen molar-refractivity contribution in [3.63, 3.8) is 0 Å². The fraction of sp³-hybridized carbons (Fsp3) is 0.286. The summed E-state index contributed by atoms with van der Waals surface area (Å²) in [6, 6.07) is 9.42. The SMILES string of the molecule is CC(C)(C)Cn1cc(-c2ccc(C#N)nc2-c2ccn3nc(CO)nc3c2)cn1. The Morgan fingerprint density at radius 3 is 2.69 bits per heavy atom. The Morgan fingerprint density at radius 2 is 1.97 bits per heavy atom. The molecule has 8 heteroatoms. The summed E-state index contributed by atoms with van der Waals surface area (Å²) in [6.45, 7) is 7.06. The van der Waals surface area contributed by atoms with Gasteiger partial charge in [0, 0.05) is 35.6 Å². The number of pyridine rings is 2. The predicted octanol–water partition coefficient (Wildman–Crippen LogP) is 3.06. The van der Waals surface area contributed by atoms with Crippen molar-refractivity contribution in [2.24, 2.45) is 5.41 Å². The van der Waals surface area contributed by atoms with Gasteiger partial charge in [-0.1, -0.05) is 20.8 Å². The second-order valence-electron chi connectivity index (χ2n) is 8.10. The first-order valence-electron chi connectivity index (χ1n) is 9.27. The third kappa shape index (κ3) is 3.86. The number of rotatable bonds is 4. The second kappa shape index (κ2) is 7.11. The minimum Gasteiger partial charge on any atom is -0.388 e. The van der Waals surface area contributed by atoms with Crippen molar-refractivity contribution in [2.75, 3.05) is 0 Å². The highest BCUT2D eigenvalue weighted by molar-refractivity contribution is 5.81. The van der Waals surface area contributed by atoms with Crippen molar-refractivity contribution < 1.29 is 5.11 Å². The van der Waals surface area contributed by atoms with Crippen LogP contribution in [-0.2, 0) is 13.2 Å². The summed E-state index contributed by atoms with van der Waals surface area (Å²) in [4.78, 5) is 8.85. The van der Waals surface area contributed by atoms with Gasteiger partial charge in [-0.2, -0.15) is 10.4 Å². The largest absolute Gasteiger partial charge is 0.388 e.